The fourth-order valence-electron chi connectivity index (χ4n) is 3.65. The van der Waals surface area contributed by atoms with Crippen molar-refractivity contribution in [2.75, 3.05) is 31.1 Å². The third-order valence-electron chi connectivity index (χ3n) is 5.25. The van der Waals surface area contributed by atoms with Crippen LogP contribution < -0.4 is 10.5 Å². The molecule has 1 saturated heterocycles. The fourth-order valence-corrected chi connectivity index (χ4v) is 3.65. The van der Waals surface area contributed by atoms with Crippen molar-refractivity contribution < 1.29 is 13.6 Å². The van der Waals surface area contributed by atoms with Crippen molar-refractivity contribution in [3.8, 4) is 5.95 Å². The molecule has 1 fully saturated rings. The normalized spacial score (nSPS) is 14.4. The Balaban J connectivity index is 1.30. The van der Waals surface area contributed by atoms with Crippen LogP contribution in [0.2, 0.25) is 0 Å². The molecular weight excluding hydrogens is 408 g/mol. The lowest BCUT2D eigenvalue weighted by atomic mass is 10.2. The Labute approximate surface area is 174 Å². The standard InChI is InChI=1S/C20H17F2N7O2/c21-14-3-4-16(15(22)10-14)26-6-8-27(9-7-26)19(31)13-11-23-29(12-13)20-24-18(30)17-2-1-5-28(17)25-20/h1-5,10-12H,6-9H2,(H,24,25,30). The molecule has 0 bridgehead atoms. The van der Waals surface area contributed by atoms with Crippen LogP contribution in [0.15, 0.2) is 53.7 Å². The van der Waals surface area contributed by atoms with Gasteiger partial charge >= 0.3 is 0 Å². The van der Waals surface area contributed by atoms with Crippen LogP contribution in [-0.4, -0.2) is 61.4 Å². The van der Waals surface area contributed by atoms with Crippen LogP contribution >= 0.6 is 0 Å². The van der Waals surface area contributed by atoms with Crippen molar-refractivity contribution >= 4 is 17.1 Å². The summed E-state index contributed by atoms with van der Waals surface area (Å²) in [4.78, 5) is 31.1. The van der Waals surface area contributed by atoms with E-state index >= 15 is 0 Å². The maximum Gasteiger partial charge on any atom is 0.276 e. The minimum Gasteiger partial charge on any atom is -0.366 e. The largest absolute Gasteiger partial charge is 0.366 e. The second kappa shape index (κ2) is 7.35. The third kappa shape index (κ3) is 3.43. The molecule has 11 heteroatoms. The van der Waals surface area contributed by atoms with Gasteiger partial charge in [0.1, 0.15) is 17.2 Å². The summed E-state index contributed by atoms with van der Waals surface area (Å²) in [5, 5.41) is 8.42. The smallest absolute Gasteiger partial charge is 0.276 e. The highest BCUT2D eigenvalue weighted by molar-refractivity contribution is 5.94. The Morgan fingerprint density at radius 3 is 2.68 bits per heavy atom. The van der Waals surface area contributed by atoms with E-state index in [-0.39, 0.29) is 17.4 Å². The molecule has 4 heterocycles. The van der Waals surface area contributed by atoms with Gasteiger partial charge in [-0.2, -0.15) is 5.10 Å². The summed E-state index contributed by atoms with van der Waals surface area (Å²) in [7, 11) is 0. The van der Waals surface area contributed by atoms with Gasteiger partial charge in [0.2, 0.25) is 5.95 Å². The molecular formula is C20H17F2N7O2. The predicted octanol–water partition coefficient (Wildman–Crippen LogP) is 1.45. The molecule has 0 radical (unpaired) electrons. The Bertz CT molecular complexity index is 1330. The highest BCUT2D eigenvalue weighted by Crippen LogP contribution is 2.22. The number of hydrogen-bond donors (Lipinski definition) is 1. The van der Waals surface area contributed by atoms with Gasteiger partial charge in [0.05, 0.1) is 17.4 Å². The van der Waals surface area contributed by atoms with Crippen molar-refractivity contribution in [2.45, 2.75) is 0 Å². The number of anilines is 1. The minimum absolute atomic E-state index is 0.185. The van der Waals surface area contributed by atoms with E-state index < -0.39 is 11.6 Å². The van der Waals surface area contributed by atoms with Gasteiger partial charge in [-0.15, -0.1) is 5.10 Å². The summed E-state index contributed by atoms with van der Waals surface area (Å²) < 4.78 is 29.9. The topological polar surface area (TPSA) is 91.5 Å². The molecule has 1 amide bonds. The number of aromatic amines is 1. The van der Waals surface area contributed by atoms with Gasteiger partial charge in [-0.25, -0.2) is 18.0 Å². The molecule has 1 aliphatic heterocycles. The van der Waals surface area contributed by atoms with E-state index in [9.17, 15) is 18.4 Å². The number of hydrogen-bond acceptors (Lipinski definition) is 5. The number of amides is 1. The highest BCUT2D eigenvalue weighted by Gasteiger charge is 2.25. The molecule has 5 rings (SSSR count). The van der Waals surface area contributed by atoms with Gasteiger partial charge in [0.25, 0.3) is 11.5 Å². The number of fused-ring (bicyclic) bond motifs is 1. The van der Waals surface area contributed by atoms with Crippen molar-refractivity contribution in [2.24, 2.45) is 0 Å². The van der Waals surface area contributed by atoms with Crippen LogP contribution in [0.25, 0.3) is 11.5 Å². The number of piperazine rings is 1. The average molecular weight is 425 g/mol. The first kappa shape index (κ1) is 19.0. The first-order valence-electron chi connectivity index (χ1n) is 9.61. The van der Waals surface area contributed by atoms with Crippen LogP contribution in [0.1, 0.15) is 10.4 Å². The number of carbonyl (C=O) groups is 1. The first-order valence-corrected chi connectivity index (χ1v) is 9.61. The Hall–Kier alpha value is -4.02. The van der Waals surface area contributed by atoms with E-state index in [2.05, 4.69) is 15.2 Å². The van der Waals surface area contributed by atoms with Gasteiger partial charge in [0.15, 0.2) is 0 Å². The molecule has 3 aromatic heterocycles. The van der Waals surface area contributed by atoms with Gasteiger partial charge < -0.3 is 9.80 Å². The zero-order valence-corrected chi connectivity index (χ0v) is 16.2. The van der Waals surface area contributed by atoms with Crippen molar-refractivity contribution in [3.63, 3.8) is 0 Å². The van der Waals surface area contributed by atoms with E-state index in [1.54, 1.807) is 28.1 Å². The lowest BCUT2D eigenvalue weighted by Crippen LogP contribution is -2.49. The predicted molar refractivity (Wildman–Crippen MR) is 107 cm³/mol. The van der Waals surface area contributed by atoms with Crippen molar-refractivity contribution in [1.29, 1.82) is 0 Å². The molecule has 0 spiro atoms. The molecule has 0 aliphatic carbocycles. The highest BCUT2D eigenvalue weighted by atomic mass is 19.1. The number of aromatic nitrogens is 5. The zero-order valence-electron chi connectivity index (χ0n) is 16.2. The molecule has 1 N–H and O–H groups in total. The maximum absolute atomic E-state index is 14.0. The van der Waals surface area contributed by atoms with Crippen molar-refractivity contribution in [1.82, 2.24) is 29.3 Å². The van der Waals surface area contributed by atoms with Crippen LogP contribution in [0.3, 0.4) is 0 Å². The maximum atomic E-state index is 14.0. The summed E-state index contributed by atoms with van der Waals surface area (Å²) in [6.45, 7) is 1.60. The quantitative estimate of drug-likeness (QED) is 0.537. The van der Waals surface area contributed by atoms with Gasteiger partial charge in [-0.05, 0) is 24.3 Å². The fraction of sp³-hybridized carbons (Fsp3) is 0.200. The molecule has 158 valence electrons. The monoisotopic (exact) mass is 425 g/mol. The summed E-state index contributed by atoms with van der Waals surface area (Å²) in [5.41, 5.74) is 0.749. The number of benzene rings is 1. The van der Waals surface area contributed by atoms with Crippen molar-refractivity contribution in [3.05, 3.63) is 76.5 Å². The molecule has 31 heavy (non-hydrogen) atoms. The van der Waals surface area contributed by atoms with Gasteiger partial charge in [-0.1, -0.05) is 0 Å². The summed E-state index contributed by atoms with van der Waals surface area (Å²) in [5.74, 6) is -1.29. The number of nitrogens with one attached hydrogen (secondary N) is 1. The minimum atomic E-state index is -0.626. The van der Waals surface area contributed by atoms with E-state index in [1.807, 2.05) is 0 Å². The van der Waals surface area contributed by atoms with E-state index in [0.717, 1.165) is 6.07 Å². The molecule has 0 saturated carbocycles. The second-order valence-corrected chi connectivity index (χ2v) is 7.16. The average Bonchev–Trinajstić information content (AvgIpc) is 3.43. The number of rotatable bonds is 3. The van der Waals surface area contributed by atoms with Crippen LogP contribution in [0.5, 0.6) is 0 Å². The molecule has 4 aromatic rings. The van der Waals surface area contributed by atoms with Gasteiger partial charge in [0, 0.05) is 44.6 Å². The van der Waals surface area contributed by atoms with Crippen LogP contribution in [0, 0.1) is 11.6 Å². The van der Waals surface area contributed by atoms with Gasteiger partial charge in [-0.3, -0.25) is 14.6 Å². The van der Waals surface area contributed by atoms with E-state index in [4.69, 9.17) is 0 Å². The number of carbonyl (C=O) groups excluding carboxylic acids is 1. The molecule has 1 aliphatic rings. The SMILES string of the molecule is O=C(c1cnn(-c2nn3cccc3c(=O)[nH]2)c1)N1CCN(c2ccc(F)cc2F)CC1. The molecule has 1 aromatic carbocycles. The second-order valence-electron chi connectivity index (χ2n) is 7.16. The number of halogens is 2. The Morgan fingerprint density at radius 2 is 1.90 bits per heavy atom. The third-order valence-corrected chi connectivity index (χ3v) is 5.25. The molecule has 9 nitrogen and oxygen atoms in total. The molecule has 0 unspecified atom stereocenters. The summed E-state index contributed by atoms with van der Waals surface area (Å²) in [6, 6.07) is 6.82. The number of H-pyrrole nitrogens is 1. The summed E-state index contributed by atoms with van der Waals surface area (Å²) in [6.07, 6.45) is 4.56. The first-order chi connectivity index (χ1) is 15.0. The number of nitrogens with zero attached hydrogens (tertiary/aromatic N) is 6. The van der Waals surface area contributed by atoms with Crippen LogP contribution in [-0.2, 0) is 0 Å². The van der Waals surface area contributed by atoms with E-state index in [0.29, 0.717) is 42.9 Å². The Morgan fingerprint density at radius 1 is 1.10 bits per heavy atom. The lowest BCUT2D eigenvalue weighted by Gasteiger charge is -2.36. The van der Waals surface area contributed by atoms with E-state index in [1.165, 1.54) is 33.7 Å². The van der Waals surface area contributed by atoms with Crippen LogP contribution in [0.4, 0.5) is 14.5 Å². The summed E-state index contributed by atoms with van der Waals surface area (Å²) >= 11 is 0. The Kier molecular flexibility index (Phi) is 4.50. The zero-order chi connectivity index (χ0) is 21.5. The molecule has 0 atom stereocenters. The lowest BCUT2D eigenvalue weighted by molar-refractivity contribution is 0.0746.